The van der Waals surface area contributed by atoms with Gasteiger partial charge in [-0.15, -0.1) is 0 Å². The van der Waals surface area contributed by atoms with E-state index in [2.05, 4.69) is 26.1 Å². The zero-order chi connectivity index (χ0) is 13.7. The van der Waals surface area contributed by atoms with Gasteiger partial charge >= 0.3 is 0 Å². The van der Waals surface area contributed by atoms with Crippen LogP contribution in [-0.2, 0) is 6.54 Å². The van der Waals surface area contributed by atoms with Gasteiger partial charge in [0.25, 0.3) is 0 Å². The van der Waals surface area contributed by atoms with Crippen LogP contribution in [0.3, 0.4) is 0 Å². The van der Waals surface area contributed by atoms with E-state index in [1.165, 1.54) is 12.8 Å². The first-order valence-corrected chi connectivity index (χ1v) is 7.52. The first kappa shape index (κ1) is 14.8. The molecule has 0 spiro atoms. The molecule has 106 valence electrons. The summed E-state index contributed by atoms with van der Waals surface area (Å²) in [5.41, 5.74) is 0.890. The van der Waals surface area contributed by atoms with Crippen molar-refractivity contribution in [2.75, 3.05) is 26.2 Å². The molecule has 1 aromatic rings. The van der Waals surface area contributed by atoms with Gasteiger partial charge in [-0.3, -0.25) is 4.90 Å². The van der Waals surface area contributed by atoms with E-state index in [0.29, 0.717) is 24.9 Å². The molecule has 1 heterocycles. The average Bonchev–Trinajstić information content (AvgIpc) is 2.87. The fourth-order valence-corrected chi connectivity index (χ4v) is 2.93. The number of hydrogen-bond donors (Lipinski definition) is 3. The lowest BCUT2D eigenvalue weighted by molar-refractivity contribution is 0.178. The summed E-state index contributed by atoms with van der Waals surface area (Å²) in [5.74, 6) is 0.311. The number of rotatable bonds is 6. The van der Waals surface area contributed by atoms with Crippen LogP contribution in [0.2, 0.25) is 0 Å². The van der Waals surface area contributed by atoms with Gasteiger partial charge in [-0.2, -0.15) is 0 Å². The maximum atomic E-state index is 9.89. The molecule has 0 aliphatic carbocycles. The maximum Gasteiger partial charge on any atom is 0.120 e. The molecule has 0 amide bonds. The summed E-state index contributed by atoms with van der Waals surface area (Å²) in [5, 5.41) is 22.5. The van der Waals surface area contributed by atoms with Gasteiger partial charge in [-0.25, -0.2) is 0 Å². The Bertz CT molecular complexity index is 408. The lowest BCUT2D eigenvalue weighted by atomic mass is 10.1. The van der Waals surface area contributed by atoms with Crippen molar-refractivity contribution >= 4 is 15.9 Å². The Morgan fingerprint density at radius 2 is 2.26 bits per heavy atom. The minimum Gasteiger partial charge on any atom is -0.508 e. The monoisotopic (exact) mass is 328 g/mol. The molecule has 1 fully saturated rings. The fourth-order valence-electron chi connectivity index (χ4n) is 2.52. The third-order valence-electron chi connectivity index (χ3n) is 3.49. The summed E-state index contributed by atoms with van der Waals surface area (Å²) in [6.07, 6.45) is 2.41. The Morgan fingerprint density at radius 1 is 1.42 bits per heavy atom. The van der Waals surface area contributed by atoms with E-state index in [9.17, 15) is 10.2 Å². The normalized spacial score (nSPS) is 19.2. The number of hydrogen-bond acceptors (Lipinski definition) is 4. The van der Waals surface area contributed by atoms with Crippen LogP contribution in [0.5, 0.6) is 5.75 Å². The van der Waals surface area contributed by atoms with E-state index in [1.807, 2.05) is 12.1 Å². The van der Waals surface area contributed by atoms with Crippen molar-refractivity contribution in [1.82, 2.24) is 10.2 Å². The number of halogens is 1. The second-order valence-electron chi connectivity index (χ2n) is 5.03. The van der Waals surface area contributed by atoms with Gasteiger partial charge in [0.05, 0.1) is 6.61 Å². The first-order chi connectivity index (χ1) is 9.19. The topological polar surface area (TPSA) is 55.7 Å². The molecule has 1 unspecified atom stereocenters. The first-order valence-electron chi connectivity index (χ1n) is 6.73. The Balaban J connectivity index is 2.00. The van der Waals surface area contributed by atoms with Crippen LogP contribution in [0, 0.1) is 0 Å². The maximum absolute atomic E-state index is 9.89. The Hall–Kier alpha value is -0.620. The lowest BCUT2D eigenvalue weighted by Crippen LogP contribution is -2.38. The Kier molecular flexibility index (Phi) is 5.63. The van der Waals surface area contributed by atoms with Crippen LogP contribution in [0.15, 0.2) is 22.7 Å². The van der Waals surface area contributed by atoms with Crippen molar-refractivity contribution in [2.45, 2.75) is 25.4 Å². The Morgan fingerprint density at radius 3 is 2.95 bits per heavy atom. The van der Waals surface area contributed by atoms with Crippen LogP contribution in [0.25, 0.3) is 0 Å². The van der Waals surface area contributed by atoms with Crippen LogP contribution < -0.4 is 5.32 Å². The molecular formula is C14H21BrN2O2. The highest BCUT2D eigenvalue weighted by Gasteiger charge is 2.18. The predicted octanol–water partition coefficient (Wildman–Crippen LogP) is 1.70. The molecular weight excluding hydrogens is 308 g/mol. The van der Waals surface area contributed by atoms with E-state index < -0.39 is 0 Å². The summed E-state index contributed by atoms with van der Waals surface area (Å²) in [4.78, 5) is 2.18. The van der Waals surface area contributed by atoms with Gasteiger partial charge < -0.3 is 15.5 Å². The molecule has 1 aliphatic rings. The second kappa shape index (κ2) is 7.24. The number of phenolic OH excluding ortho intramolecular Hbond substituents is 1. The van der Waals surface area contributed by atoms with E-state index in [0.717, 1.165) is 23.1 Å². The highest BCUT2D eigenvalue weighted by atomic mass is 79.9. The third kappa shape index (κ3) is 4.45. The Labute approximate surface area is 122 Å². The molecule has 0 radical (unpaired) electrons. The van der Waals surface area contributed by atoms with Gasteiger partial charge in [0.2, 0.25) is 0 Å². The fraction of sp³-hybridized carbons (Fsp3) is 0.571. The number of nitrogens with zero attached hydrogens (tertiary/aromatic N) is 1. The number of aliphatic hydroxyl groups is 1. The van der Waals surface area contributed by atoms with Crippen molar-refractivity contribution in [3.8, 4) is 5.75 Å². The summed E-state index contributed by atoms with van der Waals surface area (Å²) in [7, 11) is 0. The number of benzene rings is 1. The zero-order valence-corrected chi connectivity index (χ0v) is 12.6. The van der Waals surface area contributed by atoms with Gasteiger partial charge in [-0.05, 0) is 37.6 Å². The molecule has 3 N–H and O–H groups in total. The quantitative estimate of drug-likeness (QED) is 0.744. The number of phenols is 1. The van der Waals surface area contributed by atoms with Crippen molar-refractivity contribution in [3.63, 3.8) is 0 Å². The second-order valence-corrected chi connectivity index (χ2v) is 5.94. The summed E-state index contributed by atoms with van der Waals surface area (Å²) in [6.45, 7) is 3.42. The zero-order valence-electron chi connectivity index (χ0n) is 11.0. The summed E-state index contributed by atoms with van der Waals surface area (Å²) in [6, 6.07) is 5.96. The molecule has 2 rings (SSSR count). The summed E-state index contributed by atoms with van der Waals surface area (Å²) >= 11 is 3.42. The smallest absolute Gasteiger partial charge is 0.120 e. The van der Waals surface area contributed by atoms with Crippen LogP contribution in [0.4, 0.5) is 0 Å². The van der Waals surface area contributed by atoms with Crippen molar-refractivity contribution in [1.29, 1.82) is 0 Å². The highest BCUT2D eigenvalue weighted by molar-refractivity contribution is 9.10. The van der Waals surface area contributed by atoms with Crippen molar-refractivity contribution < 1.29 is 10.2 Å². The third-order valence-corrected chi connectivity index (χ3v) is 3.99. The SMILES string of the molecule is OCCN(Cc1cc(Br)ccc1O)CC1CCCN1. The number of nitrogens with one attached hydrogen (secondary N) is 1. The highest BCUT2D eigenvalue weighted by Crippen LogP contribution is 2.23. The van der Waals surface area contributed by atoms with E-state index in [4.69, 9.17) is 0 Å². The minimum atomic E-state index is 0.140. The van der Waals surface area contributed by atoms with E-state index in [-0.39, 0.29) is 6.61 Å². The van der Waals surface area contributed by atoms with Crippen LogP contribution in [0.1, 0.15) is 18.4 Å². The molecule has 0 aromatic heterocycles. The molecule has 4 nitrogen and oxygen atoms in total. The lowest BCUT2D eigenvalue weighted by Gasteiger charge is -2.25. The minimum absolute atomic E-state index is 0.140. The van der Waals surface area contributed by atoms with Crippen LogP contribution >= 0.6 is 15.9 Å². The van der Waals surface area contributed by atoms with Crippen LogP contribution in [-0.4, -0.2) is 47.4 Å². The molecule has 1 aliphatic heterocycles. The van der Waals surface area contributed by atoms with Crippen molar-refractivity contribution in [3.05, 3.63) is 28.2 Å². The molecule has 19 heavy (non-hydrogen) atoms. The standard InChI is InChI=1S/C14H21BrN2O2/c15-12-3-4-14(19)11(8-12)9-17(6-7-18)10-13-2-1-5-16-13/h3-4,8,13,16,18-19H,1-2,5-7,9-10H2. The van der Waals surface area contributed by atoms with Gasteiger partial charge in [0, 0.05) is 35.7 Å². The number of aliphatic hydroxyl groups excluding tert-OH is 1. The number of aromatic hydroxyl groups is 1. The molecule has 0 bridgehead atoms. The van der Waals surface area contributed by atoms with E-state index in [1.54, 1.807) is 6.07 Å². The average molecular weight is 329 g/mol. The molecule has 1 saturated heterocycles. The van der Waals surface area contributed by atoms with Gasteiger partial charge in [0.1, 0.15) is 5.75 Å². The molecule has 0 saturated carbocycles. The largest absolute Gasteiger partial charge is 0.508 e. The van der Waals surface area contributed by atoms with E-state index >= 15 is 0 Å². The summed E-state index contributed by atoms with van der Waals surface area (Å²) < 4.78 is 0.961. The van der Waals surface area contributed by atoms with Crippen molar-refractivity contribution in [2.24, 2.45) is 0 Å². The van der Waals surface area contributed by atoms with Gasteiger partial charge in [0.15, 0.2) is 0 Å². The van der Waals surface area contributed by atoms with Gasteiger partial charge in [-0.1, -0.05) is 15.9 Å². The predicted molar refractivity (Wildman–Crippen MR) is 79.2 cm³/mol. The molecule has 5 heteroatoms. The molecule has 1 aromatic carbocycles. The molecule has 1 atom stereocenters.